The number of rotatable bonds is 3. The molecule has 0 unspecified atom stereocenters. The molecule has 1 nitrogen and oxygen atoms in total. The summed E-state index contributed by atoms with van der Waals surface area (Å²) in [6, 6.07) is 10.2. The summed E-state index contributed by atoms with van der Waals surface area (Å²) in [7, 11) is 0. The Labute approximate surface area is 121 Å². The van der Waals surface area contributed by atoms with E-state index >= 15 is 0 Å². The van der Waals surface area contributed by atoms with Crippen molar-refractivity contribution < 1.29 is 17.6 Å². The molecule has 0 radical (unpaired) electrons. The van der Waals surface area contributed by atoms with E-state index in [9.17, 15) is 17.6 Å². The first kappa shape index (κ1) is 14.8. The van der Waals surface area contributed by atoms with Gasteiger partial charge in [0.15, 0.2) is 0 Å². The van der Waals surface area contributed by atoms with Gasteiger partial charge in [-0.25, -0.2) is 4.39 Å². The molecular weight excluding hydrogens is 338 g/mol. The highest BCUT2D eigenvalue weighted by atomic mass is 79.9. The van der Waals surface area contributed by atoms with Crippen LogP contribution in [0.2, 0.25) is 0 Å². The van der Waals surface area contributed by atoms with Crippen LogP contribution < -0.4 is 5.32 Å². The predicted molar refractivity (Wildman–Crippen MR) is 72.9 cm³/mol. The number of nitrogens with one attached hydrogen (secondary N) is 1. The molecular formula is C14H10BrF4N. The Kier molecular flexibility index (Phi) is 4.32. The van der Waals surface area contributed by atoms with E-state index in [0.29, 0.717) is 6.54 Å². The van der Waals surface area contributed by atoms with Gasteiger partial charge in [-0.1, -0.05) is 28.1 Å². The summed E-state index contributed by atoms with van der Waals surface area (Å²) >= 11 is 3.29. The van der Waals surface area contributed by atoms with Crippen LogP contribution in [0.3, 0.4) is 0 Å². The summed E-state index contributed by atoms with van der Waals surface area (Å²) in [4.78, 5) is 0. The topological polar surface area (TPSA) is 12.0 Å². The number of benzene rings is 2. The maximum absolute atomic E-state index is 13.1. The molecule has 0 amide bonds. The molecule has 0 saturated carbocycles. The Morgan fingerprint density at radius 3 is 2.25 bits per heavy atom. The zero-order valence-electron chi connectivity index (χ0n) is 10.1. The van der Waals surface area contributed by atoms with Crippen molar-refractivity contribution in [2.75, 3.05) is 5.32 Å². The van der Waals surface area contributed by atoms with Crippen molar-refractivity contribution in [1.29, 1.82) is 0 Å². The van der Waals surface area contributed by atoms with Crippen molar-refractivity contribution in [3.8, 4) is 0 Å². The fourth-order valence-electron chi connectivity index (χ4n) is 1.66. The molecule has 0 aliphatic rings. The summed E-state index contributed by atoms with van der Waals surface area (Å²) < 4.78 is 51.7. The van der Waals surface area contributed by atoms with Gasteiger partial charge in [0.1, 0.15) is 5.82 Å². The lowest BCUT2D eigenvalue weighted by molar-refractivity contribution is -0.139. The minimum Gasteiger partial charge on any atom is -0.381 e. The van der Waals surface area contributed by atoms with Crippen molar-refractivity contribution in [1.82, 2.24) is 0 Å². The second kappa shape index (κ2) is 5.83. The average Bonchev–Trinajstić information content (AvgIpc) is 2.38. The molecule has 6 heteroatoms. The molecule has 2 aromatic carbocycles. The molecule has 0 aliphatic heterocycles. The number of alkyl halides is 3. The first-order valence-corrected chi connectivity index (χ1v) is 6.50. The molecule has 106 valence electrons. The molecule has 0 spiro atoms. The molecule has 0 saturated heterocycles. The van der Waals surface area contributed by atoms with Crippen molar-refractivity contribution in [3.05, 3.63) is 63.9 Å². The van der Waals surface area contributed by atoms with Crippen LogP contribution in [0.5, 0.6) is 0 Å². The van der Waals surface area contributed by atoms with Gasteiger partial charge >= 0.3 is 6.18 Å². The largest absolute Gasteiger partial charge is 0.419 e. The predicted octanol–water partition coefficient (Wildman–Crippen LogP) is 5.22. The quantitative estimate of drug-likeness (QED) is 0.750. The van der Waals surface area contributed by atoms with Crippen LogP contribution in [-0.4, -0.2) is 0 Å². The average molecular weight is 348 g/mol. The van der Waals surface area contributed by atoms with Gasteiger partial charge in [-0.2, -0.15) is 13.2 Å². The Morgan fingerprint density at radius 1 is 1.00 bits per heavy atom. The first-order valence-electron chi connectivity index (χ1n) is 5.71. The maximum Gasteiger partial charge on any atom is 0.419 e. The molecule has 0 aromatic heterocycles. The molecule has 0 aliphatic carbocycles. The summed E-state index contributed by atoms with van der Waals surface area (Å²) in [5, 5.41) is 2.84. The third-order valence-corrected chi connectivity index (χ3v) is 3.21. The first-order chi connectivity index (χ1) is 9.36. The number of hydrogen-bond donors (Lipinski definition) is 1. The van der Waals surface area contributed by atoms with Crippen LogP contribution in [0.25, 0.3) is 0 Å². The molecule has 0 atom stereocenters. The van der Waals surface area contributed by atoms with Gasteiger partial charge in [-0.15, -0.1) is 0 Å². The summed E-state index contributed by atoms with van der Waals surface area (Å²) in [5.41, 5.74) is -0.133. The van der Waals surface area contributed by atoms with Crippen molar-refractivity contribution in [2.45, 2.75) is 12.7 Å². The van der Waals surface area contributed by atoms with E-state index < -0.39 is 17.6 Å². The number of anilines is 1. The highest BCUT2D eigenvalue weighted by Crippen LogP contribution is 2.33. The molecule has 0 fully saturated rings. The van der Waals surface area contributed by atoms with E-state index in [2.05, 4.69) is 21.2 Å². The highest BCUT2D eigenvalue weighted by Gasteiger charge is 2.34. The number of hydrogen-bond acceptors (Lipinski definition) is 1. The van der Waals surface area contributed by atoms with Crippen LogP contribution in [0.4, 0.5) is 23.2 Å². The van der Waals surface area contributed by atoms with E-state index in [1.807, 2.05) is 24.3 Å². The minimum atomic E-state index is -4.70. The van der Waals surface area contributed by atoms with Crippen LogP contribution in [0.1, 0.15) is 11.1 Å². The SMILES string of the molecule is Fc1ccc(NCc2ccc(Br)cc2)cc1C(F)(F)F. The monoisotopic (exact) mass is 347 g/mol. The molecule has 2 rings (SSSR count). The molecule has 0 heterocycles. The molecule has 0 bridgehead atoms. The molecule has 20 heavy (non-hydrogen) atoms. The number of halogens is 5. The van der Waals surface area contributed by atoms with Gasteiger partial charge in [0.05, 0.1) is 5.56 Å². The Bertz CT molecular complexity index is 593. The second-order valence-corrected chi connectivity index (χ2v) is 5.09. The van der Waals surface area contributed by atoms with E-state index in [-0.39, 0.29) is 5.69 Å². The van der Waals surface area contributed by atoms with Gasteiger partial charge in [0.25, 0.3) is 0 Å². The van der Waals surface area contributed by atoms with E-state index in [1.165, 1.54) is 6.07 Å². The van der Waals surface area contributed by atoms with Crippen molar-refractivity contribution in [2.24, 2.45) is 0 Å². The Morgan fingerprint density at radius 2 is 1.65 bits per heavy atom. The standard InChI is InChI=1S/C14H10BrF4N/c15-10-3-1-9(2-4-10)8-20-11-5-6-13(16)12(7-11)14(17,18)19/h1-7,20H,8H2. The summed E-state index contributed by atoms with van der Waals surface area (Å²) in [5.74, 6) is -1.27. The van der Waals surface area contributed by atoms with Crippen LogP contribution in [0.15, 0.2) is 46.9 Å². The Balaban J connectivity index is 2.12. The second-order valence-electron chi connectivity index (χ2n) is 4.17. The lowest BCUT2D eigenvalue weighted by atomic mass is 10.1. The van der Waals surface area contributed by atoms with Crippen molar-refractivity contribution in [3.63, 3.8) is 0 Å². The lowest BCUT2D eigenvalue weighted by Gasteiger charge is -2.11. The van der Waals surface area contributed by atoms with Crippen LogP contribution >= 0.6 is 15.9 Å². The van der Waals surface area contributed by atoms with Crippen LogP contribution in [0, 0.1) is 5.82 Å². The smallest absolute Gasteiger partial charge is 0.381 e. The third-order valence-electron chi connectivity index (χ3n) is 2.68. The normalized spacial score (nSPS) is 11.4. The van der Waals surface area contributed by atoms with E-state index in [1.54, 1.807) is 0 Å². The highest BCUT2D eigenvalue weighted by molar-refractivity contribution is 9.10. The van der Waals surface area contributed by atoms with Gasteiger partial charge in [-0.3, -0.25) is 0 Å². The van der Waals surface area contributed by atoms with E-state index in [0.717, 1.165) is 22.2 Å². The third kappa shape index (κ3) is 3.72. The van der Waals surface area contributed by atoms with Gasteiger partial charge in [-0.05, 0) is 35.9 Å². The molecule has 1 N–H and O–H groups in total. The minimum absolute atomic E-state index is 0.224. The fraction of sp³-hybridized carbons (Fsp3) is 0.143. The zero-order chi connectivity index (χ0) is 14.8. The lowest BCUT2D eigenvalue weighted by Crippen LogP contribution is -2.09. The van der Waals surface area contributed by atoms with Crippen molar-refractivity contribution >= 4 is 21.6 Å². The molecule has 2 aromatic rings. The summed E-state index contributed by atoms with van der Waals surface area (Å²) in [6.45, 7) is 0.357. The van der Waals surface area contributed by atoms with Gasteiger partial charge in [0, 0.05) is 16.7 Å². The van der Waals surface area contributed by atoms with Gasteiger partial charge < -0.3 is 5.32 Å². The summed E-state index contributed by atoms with van der Waals surface area (Å²) in [6.07, 6.45) is -4.70. The van der Waals surface area contributed by atoms with E-state index in [4.69, 9.17) is 0 Å². The maximum atomic E-state index is 13.1. The Hall–Kier alpha value is -1.56. The van der Waals surface area contributed by atoms with Crippen LogP contribution in [-0.2, 0) is 12.7 Å². The fourth-order valence-corrected chi connectivity index (χ4v) is 1.92. The van der Waals surface area contributed by atoms with Gasteiger partial charge in [0.2, 0.25) is 0 Å². The zero-order valence-corrected chi connectivity index (χ0v) is 11.7.